The van der Waals surface area contributed by atoms with Crippen LogP contribution >= 0.6 is 11.3 Å². The van der Waals surface area contributed by atoms with Crippen LogP contribution < -0.4 is 0 Å². The Bertz CT molecular complexity index is 673. The molecule has 5 nitrogen and oxygen atoms in total. The van der Waals surface area contributed by atoms with Crippen LogP contribution in [-0.4, -0.2) is 65.9 Å². The van der Waals surface area contributed by atoms with E-state index < -0.39 is 0 Å². The van der Waals surface area contributed by atoms with Crippen molar-refractivity contribution >= 4 is 23.3 Å². The van der Waals surface area contributed by atoms with Gasteiger partial charge in [0.1, 0.15) is 0 Å². The van der Waals surface area contributed by atoms with Gasteiger partial charge in [-0.15, -0.1) is 11.3 Å². The van der Waals surface area contributed by atoms with Crippen LogP contribution in [0.25, 0.3) is 0 Å². The van der Waals surface area contributed by atoms with E-state index in [0.717, 1.165) is 49.6 Å². The largest absolute Gasteiger partial charge is 0.334 e. The number of urea groups is 1. The van der Waals surface area contributed by atoms with Crippen molar-refractivity contribution in [1.29, 1.82) is 0 Å². The number of carbonyl (C=O) groups excluding carboxylic acids is 2. The predicted molar refractivity (Wildman–Crippen MR) is 104 cm³/mol. The van der Waals surface area contributed by atoms with E-state index in [-0.39, 0.29) is 11.9 Å². The highest BCUT2D eigenvalue weighted by atomic mass is 32.1. The van der Waals surface area contributed by atoms with Gasteiger partial charge < -0.3 is 14.7 Å². The van der Waals surface area contributed by atoms with Crippen LogP contribution in [0.4, 0.5) is 4.79 Å². The predicted octanol–water partition coefficient (Wildman–Crippen LogP) is 3.24. The van der Waals surface area contributed by atoms with Gasteiger partial charge in [-0.3, -0.25) is 4.79 Å². The normalized spacial score (nSPS) is 23.7. The van der Waals surface area contributed by atoms with Gasteiger partial charge in [0, 0.05) is 44.1 Å². The Hall–Kier alpha value is -1.56. The second-order valence-electron chi connectivity index (χ2n) is 8.02. The Morgan fingerprint density at radius 3 is 2.35 bits per heavy atom. The lowest BCUT2D eigenvalue weighted by Crippen LogP contribution is -2.54. The molecule has 1 aliphatic carbocycles. The highest BCUT2D eigenvalue weighted by Gasteiger charge is 2.29. The van der Waals surface area contributed by atoms with Crippen molar-refractivity contribution in [2.24, 2.45) is 5.92 Å². The molecule has 0 saturated carbocycles. The summed E-state index contributed by atoms with van der Waals surface area (Å²) >= 11 is 1.69. The number of piperazine rings is 1. The number of carbonyl (C=O) groups is 2. The minimum Gasteiger partial charge on any atom is -0.334 e. The average Bonchev–Trinajstić information content (AvgIpc) is 3.11. The first kappa shape index (κ1) is 17.8. The summed E-state index contributed by atoms with van der Waals surface area (Å²) in [6.45, 7) is 6.68. The summed E-state index contributed by atoms with van der Waals surface area (Å²) in [5.41, 5.74) is 1.39. The summed E-state index contributed by atoms with van der Waals surface area (Å²) in [5, 5.41) is 0. The van der Waals surface area contributed by atoms with E-state index in [2.05, 4.69) is 13.0 Å². The van der Waals surface area contributed by atoms with Gasteiger partial charge in [0.2, 0.25) is 0 Å². The molecule has 1 unspecified atom stereocenters. The van der Waals surface area contributed by atoms with Crippen LogP contribution in [-0.2, 0) is 12.8 Å². The van der Waals surface area contributed by atoms with E-state index in [1.54, 1.807) is 11.3 Å². The first-order valence-electron chi connectivity index (χ1n) is 10.1. The van der Waals surface area contributed by atoms with Gasteiger partial charge in [-0.2, -0.15) is 0 Å². The van der Waals surface area contributed by atoms with Crippen molar-refractivity contribution < 1.29 is 9.59 Å². The van der Waals surface area contributed by atoms with Gasteiger partial charge in [0.05, 0.1) is 4.88 Å². The van der Waals surface area contributed by atoms with Gasteiger partial charge in [0.15, 0.2) is 0 Å². The third kappa shape index (κ3) is 3.61. The molecule has 1 atom stereocenters. The number of piperidine rings is 1. The molecule has 2 aliphatic heterocycles. The van der Waals surface area contributed by atoms with Gasteiger partial charge in [-0.05, 0) is 56.1 Å². The standard InChI is InChI=1S/C20H29N3O2S/c1-15-5-6-17-16(13-15)14-18(26-17)19(24)21-9-11-23(12-10-21)20(25)22-7-3-2-4-8-22/h14-15H,2-13H2,1H3. The van der Waals surface area contributed by atoms with E-state index in [4.69, 9.17) is 0 Å². The number of hydrogen-bond donors (Lipinski definition) is 0. The van der Waals surface area contributed by atoms with E-state index in [9.17, 15) is 9.59 Å². The molecule has 1 aromatic heterocycles. The van der Waals surface area contributed by atoms with Crippen molar-refractivity contribution in [1.82, 2.24) is 14.7 Å². The number of hydrogen-bond acceptors (Lipinski definition) is 3. The fourth-order valence-corrected chi connectivity index (χ4v) is 5.53. The average molecular weight is 376 g/mol. The smallest absolute Gasteiger partial charge is 0.320 e. The molecule has 0 bridgehead atoms. The molecular weight excluding hydrogens is 346 g/mol. The maximum absolute atomic E-state index is 12.9. The van der Waals surface area contributed by atoms with Crippen LogP contribution in [0.2, 0.25) is 0 Å². The van der Waals surface area contributed by atoms with Gasteiger partial charge >= 0.3 is 6.03 Å². The minimum absolute atomic E-state index is 0.155. The Morgan fingerprint density at radius 2 is 1.62 bits per heavy atom. The summed E-state index contributed by atoms with van der Waals surface area (Å²) in [6.07, 6.45) is 6.93. The highest BCUT2D eigenvalue weighted by Crippen LogP contribution is 2.32. The summed E-state index contributed by atoms with van der Waals surface area (Å²) in [7, 11) is 0. The van der Waals surface area contributed by atoms with Gasteiger partial charge in [-0.25, -0.2) is 4.79 Å². The lowest BCUT2D eigenvalue weighted by Gasteiger charge is -2.38. The van der Waals surface area contributed by atoms with E-state index >= 15 is 0 Å². The van der Waals surface area contributed by atoms with Crippen LogP contribution in [0.1, 0.15) is 52.7 Å². The number of amides is 3. The van der Waals surface area contributed by atoms with E-state index in [0.29, 0.717) is 26.2 Å². The highest BCUT2D eigenvalue weighted by molar-refractivity contribution is 7.14. The fourth-order valence-electron chi connectivity index (χ4n) is 4.35. The Morgan fingerprint density at radius 1 is 0.962 bits per heavy atom. The zero-order valence-corrected chi connectivity index (χ0v) is 16.5. The topological polar surface area (TPSA) is 43.9 Å². The molecule has 0 radical (unpaired) electrons. The third-order valence-corrected chi connectivity index (χ3v) is 7.23. The maximum atomic E-state index is 12.9. The summed E-state index contributed by atoms with van der Waals surface area (Å²) in [6, 6.07) is 2.29. The molecule has 0 spiro atoms. The summed E-state index contributed by atoms with van der Waals surface area (Å²) in [4.78, 5) is 33.6. The van der Waals surface area contributed by atoms with Crippen LogP contribution in [0.5, 0.6) is 0 Å². The molecule has 142 valence electrons. The monoisotopic (exact) mass is 375 g/mol. The van der Waals surface area contributed by atoms with E-state index in [1.165, 1.54) is 23.3 Å². The first-order chi connectivity index (χ1) is 12.6. The van der Waals surface area contributed by atoms with Crippen LogP contribution in [0, 0.1) is 5.92 Å². The minimum atomic E-state index is 0.155. The number of likely N-dealkylation sites (tertiary alicyclic amines) is 1. The quantitative estimate of drug-likeness (QED) is 0.756. The second kappa shape index (κ2) is 7.59. The zero-order valence-electron chi connectivity index (χ0n) is 15.7. The van der Waals surface area contributed by atoms with Crippen molar-refractivity contribution in [2.75, 3.05) is 39.3 Å². The van der Waals surface area contributed by atoms with Gasteiger partial charge in [0.25, 0.3) is 5.91 Å². The Labute approximate surface area is 159 Å². The van der Waals surface area contributed by atoms with Crippen molar-refractivity contribution in [3.63, 3.8) is 0 Å². The molecule has 0 N–H and O–H groups in total. The van der Waals surface area contributed by atoms with Crippen LogP contribution in [0.3, 0.4) is 0 Å². The maximum Gasteiger partial charge on any atom is 0.320 e. The molecule has 2 saturated heterocycles. The lowest BCUT2D eigenvalue weighted by molar-refractivity contribution is 0.0637. The molecule has 3 amide bonds. The fraction of sp³-hybridized carbons (Fsp3) is 0.700. The Kier molecular flexibility index (Phi) is 5.20. The number of thiophene rings is 1. The molecule has 26 heavy (non-hydrogen) atoms. The zero-order chi connectivity index (χ0) is 18.1. The molecule has 1 aromatic rings. The molecule has 2 fully saturated rings. The van der Waals surface area contributed by atoms with Crippen molar-refractivity contribution in [2.45, 2.75) is 45.4 Å². The molecule has 4 rings (SSSR count). The summed E-state index contributed by atoms with van der Waals surface area (Å²) < 4.78 is 0. The molecule has 3 heterocycles. The molecule has 0 aromatic carbocycles. The second-order valence-corrected chi connectivity index (χ2v) is 9.15. The number of rotatable bonds is 1. The van der Waals surface area contributed by atoms with E-state index in [1.807, 2.05) is 14.7 Å². The molecule has 6 heteroatoms. The van der Waals surface area contributed by atoms with Crippen LogP contribution in [0.15, 0.2) is 6.07 Å². The SMILES string of the molecule is CC1CCc2sc(C(=O)N3CCN(C(=O)N4CCCCC4)CC3)cc2C1. The first-order valence-corrected chi connectivity index (χ1v) is 10.9. The lowest BCUT2D eigenvalue weighted by atomic mass is 9.90. The molecule has 3 aliphatic rings. The Balaban J connectivity index is 1.34. The van der Waals surface area contributed by atoms with Crippen molar-refractivity contribution in [3.8, 4) is 0 Å². The molecular formula is C20H29N3O2S. The van der Waals surface area contributed by atoms with Crippen molar-refractivity contribution in [3.05, 3.63) is 21.4 Å². The number of aryl methyl sites for hydroxylation is 1. The summed E-state index contributed by atoms with van der Waals surface area (Å²) in [5.74, 6) is 0.881. The van der Waals surface area contributed by atoms with Gasteiger partial charge in [-0.1, -0.05) is 6.92 Å². The third-order valence-electron chi connectivity index (χ3n) is 6.00. The number of nitrogens with zero attached hydrogens (tertiary/aromatic N) is 3. The number of fused-ring (bicyclic) bond motifs is 1.